The Morgan fingerprint density at radius 3 is 2.93 bits per heavy atom. The van der Waals surface area contributed by atoms with E-state index in [2.05, 4.69) is 15.9 Å². The molecule has 1 rings (SSSR count). The maximum Gasteiger partial charge on any atom is 0.169 e. The molecule has 0 aromatic heterocycles. The Morgan fingerprint density at radius 2 is 2.36 bits per heavy atom. The fourth-order valence-electron chi connectivity index (χ4n) is 1.05. The van der Waals surface area contributed by atoms with E-state index in [4.69, 9.17) is 15.1 Å². The summed E-state index contributed by atoms with van der Waals surface area (Å²) in [5, 5.41) is 17.4. The quantitative estimate of drug-likeness (QED) is 0.896. The smallest absolute Gasteiger partial charge is 0.169 e. The second-order valence-electron chi connectivity index (χ2n) is 2.66. The van der Waals surface area contributed by atoms with Crippen LogP contribution in [0.4, 0.5) is 0 Å². The van der Waals surface area contributed by atoms with Crippen LogP contribution in [0.2, 0.25) is 0 Å². The fourth-order valence-corrected chi connectivity index (χ4v) is 1.47. The summed E-state index contributed by atoms with van der Waals surface area (Å²) >= 11 is 3.31. The molecule has 3 nitrogen and oxygen atoms in total. The van der Waals surface area contributed by atoms with E-state index < -0.39 is 6.10 Å². The van der Waals surface area contributed by atoms with Gasteiger partial charge in [-0.1, -0.05) is 28.1 Å². The van der Waals surface area contributed by atoms with E-state index >= 15 is 0 Å². The zero-order valence-corrected chi connectivity index (χ0v) is 9.07. The number of hydrogen-bond donors (Lipinski definition) is 1. The Labute approximate surface area is 91.1 Å². The van der Waals surface area contributed by atoms with Gasteiger partial charge in [-0.2, -0.15) is 5.26 Å². The highest BCUT2D eigenvalue weighted by Crippen LogP contribution is 2.20. The van der Waals surface area contributed by atoms with Crippen LogP contribution in [0.15, 0.2) is 28.7 Å². The van der Waals surface area contributed by atoms with Crippen molar-refractivity contribution < 1.29 is 9.84 Å². The third kappa shape index (κ3) is 3.11. The molecule has 4 heteroatoms. The van der Waals surface area contributed by atoms with Crippen LogP contribution in [0, 0.1) is 11.3 Å². The van der Waals surface area contributed by atoms with Crippen molar-refractivity contribution in [2.75, 3.05) is 13.2 Å². The molecule has 0 fully saturated rings. The van der Waals surface area contributed by atoms with Crippen LogP contribution in [0.25, 0.3) is 0 Å². The molecule has 0 saturated heterocycles. The Hall–Kier alpha value is -0.890. The Morgan fingerprint density at radius 1 is 1.57 bits per heavy atom. The SMILES string of the molecule is N#CC(OCCO)c1cccc(Br)c1. The highest BCUT2D eigenvalue weighted by atomic mass is 79.9. The monoisotopic (exact) mass is 255 g/mol. The predicted octanol–water partition coefficient (Wildman–Crippen LogP) is 2.02. The topological polar surface area (TPSA) is 53.2 Å². The highest BCUT2D eigenvalue weighted by molar-refractivity contribution is 9.10. The van der Waals surface area contributed by atoms with Gasteiger partial charge in [0.15, 0.2) is 6.10 Å². The maximum atomic E-state index is 8.83. The number of aliphatic hydroxyl groups excluding tert-OH is 1. The lowest BCUT2D eigenvalue weighted by atomic mass is 10.1. The van der Waals surface area contributed by atoms with Gasteiger partial charge in [0.1, 0.15) is 0 Å². The number of aliphatic hydroxyl groups is 1. The van der Waals surface area contributed by atoms with E-state index in [0.717, 1.165) is 10.0 Å². The van der Waals surface area contributed by atoms with E-state index in [1.807, 2.05) is 30.3 Å². The largest absolute Gasteiger partial charge is 0.394 e. The van der Waals surface area contributed by atoms with Crippen molar-refractivity contribution in [3.63, 3.8) is 0 Å². The number of nitriles is 1. The average molecular weight is 256 g/mol. The zero-order chi connectivity index (χ0) is 10.4. The number of ether oxygens (including phenoxy) is 1. The molecule has 1 atom stereocenters. The van der Waals surface area contributed by atoms with Crippen LogP contribution >= 0.6 is 15.9 Å². The van der Waals surface area contributed by atoms with Crippen molar-refractivity contribution in [3.05, 3.63) is 34.3 Å². The summed E-state index contributed by atoms with van der Waals surface area (Å²) in [6.07, 6.45) is -0.611. The molecule has 1 aromatic carbocycles. The summed E-state index contributed by atoms with van der Waals surface area (Å²) in [6, 6.07) is 9.38. The number of benzene rings is 1. The molecule has 0 amide bonds. The van der Waals surface area contributed by atoms with Crippen LogP contribution in [-0.2, 0) is 4.74 Å². The van der Waals surface area contributed by atoms with E-state index in [1.165, 1.54) is 0 Å². The van der Waals surface area contributed by atoms with Gasteiger partial charge in [0, 0.05) is 4.47 Å². The van der Waals surface area contributed by atoms with E-state index in [0.29, 0.717) is 0 Å². The van der Waals surface area contributed by atoms with Gasteiger partial charge in [0.25, 0.3) is 0 Å². The van der Waals surface area contributed by atoms with Crippen LogP contribution in [0.5, 0.6) is 0 Å². The Bertz CT molecular complexity index is 335. The second kappa shape index (κ2) is 5.76. The number of rotatable bonds is 4. The fraction of sp³-hybridized carbons (Fsp3) is 0.300. The molecule has 74 valence electrons. The van der Waals surface area contributed by atoms with Gasteiger partial charge in [0.2, 0.25) is 0 Å². The van der Waals surface area contributed by atoms with Gasteiger partial charge >= 0.3 is 0 Å². The molecule has 0 aliphatic carbocycles. The molecule has 1 N–H and O–H groups in total. The normalized spacial score (nSPS) is 12.1. The predicted molar refractivity (Wildman–Crippen MR) is 55.5 cm³/mol. The second-order valence-corrected chi connectivity index (χ2v) is 3.57. The first kappa shape index (κ1) is 11.2. The van der Waals surface area contributed by atoms with Gasteiger partial charge in [-0.3, -0.25) is 0 Å². The zero-order valence-electron chi connectivity index (χ0n) is 7.48. The number of halogens is 1. The lowest BCUT2D eigenvalue weighted by Crippen LogP contribution is -2.05. The van der Waals surface area contributed by atoms with Gasteiger partial charge < -0.3 is 9.84 Å². The van der Waals surface area contributed by atoms with Crippen LogP contribution in [0.1, 0.15) is 11.7 Å². The maximum absolute atomic E-state index is 8.83. The highest BCUT2D eigenvalue weighted by Gasteiger charge is 2.10. The average Bonchev–Trinajstić information content (AvgIpc) is 2.19. The first-order valence-electron chi connectivity index (χ1n) is 4.15. The molecule has 0 heterocycles. The lowest BCUT2D eigenvalue weighted by Gasteiger charge is -2.09. The molecular formula is C10H10BrNO2. The van der Waals surface area contributed by atoms with Crippen LogP contribution < -0.4 is 0 Å². The Balaban J connectivity index is 2.75. The minimum atomic E-state index is -0.611. The lowest BCUT2D eigenvalue weighted by molar-refractivity contribution is 0.0581. The van der Waals surface area contributed by atoms with E-state index in [1.54, 1.807) is 0 Å². The standard InChI is InChI=1S/C10H10BrNO2/c11-9-3-1-2-8(6-9)10(7-12)14-5-4-13/h1-3,6,10,13H,4-5H2. The molecule has 14 heavy (non-hydrogen) atoms. The molecule has 1 aromatic rings. The first-order valence-corrected chi connectivity index (χ1v) is 4.94. The van der Waals surface area contributed by atoms with Gasteiger partial charge in [-0.25, -0.2) is 0 Å². The van der Waals surface area contributed by atoms with Crippen molar-refractivity contribution in [1.29, 1.82) is 5.26 Å². The van der Waals surface area contributed by atoms with Crippen molar-refractivity contribution >= 4 is 15.9 Å². The van der Waals surface area contributed by atoms with Gasteiger partial charge in [-0.15, -0.1) is 0 Å². The molecule has 1 unspecified atom stereocenters. The molecule has 0 aliphatic heterocycles. The molecule has 0 bridgehead atoms. The summed E-state index contributed by atoms with van der Waals surface area (Å²) in [5.74, 6) is 0. The summed E-state index contributed by atoms with van der Waals surface area (Å²) in [6.45, 7) is 0.0942. The number of nitrogens with zero attached hydrogens (tertiary/aromatic N) is 1. The van der Waals surface area contributed by atoms with Crippen molar-refractivity contribution in [2.24, 2.45) is 0 Å². The summed E-state index contributed by atoms with van der Waals surface area (Å²) in [4.78, 5) is 0. The summed E-state index contributed by atoms with van der Waals surface area (Å²) in [5.41, 5.74) is 0.787. The molecule has 0 aliphatic rings. The minimum absolute atomic E-state index is 0.0772. The van der Waals surface area contributed by atoms with Crippen LogP contribution in [0.3, 0.4) is 0 Å². The first-order chi connectivity index (χ1) is 6.77. The third-order valence-corrected chi connectivity index (χ3v) is 2.14. The van der Waals surface area contributed by atoms with Crippen molar-refractivity contribution in [1.82, 2.24) is 0 Å². The van der Waals surface area contributed by atoms with Crippen LogP contribution in [-0.4, -0.2) is 18.3 Å². The van der Waals surface area contributed by atoms with Gasteiger partial charge in [0.05, 0.1) is 19.3 Å². The summed E-state index contributed by atoms with van der Waals surface area (Å²) < 4.78 is 6.05. The van der Waals surface area contributed by atoms with Crippen molar-refractivity contribution in [3.8, 4) is 6.07 Å². The Kier molecular flexibility index (Phi) is 4.60. The molecular weight excluding hydrogens is 246 g/mol. The molecule has 0 saturated carbocycles. The summed E-state index contributed by atoms with van der Waals surface area (Å²) in [7, 11) is 0. The minimum Gasteiger partial charge on any atom is -0.394 e. The number of hydrogen-bond acceptors (Lipinski definition) is 3. The van der Waals surface area contributed by atoms with E-state index in [-0.39, 0.29) is 13.2 Å². The van der Waals surface area contributed by atoms with Gasteiger partial charge in [-0.05, 0) is 17.7 Å². The molecule has 0 spiro atoms. The molecule has 0 radical (unpaired) electrons. The third-order valence-electron chi connectivity index (χ3n) is 1.64. The van der Waals surface area contributed by atoms with E-state index in [9.17, 15) is 0 Å². The van der Waals surface area contributed by atoms with Crippen molar-refractivity contribution in [2.45, 2.75) is 6.10 Å².